The van der Waals surface area contributed by atoms with Crippen molar-refractivity contribution in [2.24, 2.45) is 10.8 Å². The first-order chi connectivity index (χ1) is 20.1. The van der Waals surface area contributed by atoms with E-state index in [1.54, 1.807) is 0 Å². The van der Waals surface area contributed by atoms with Gasteiger partial charge in [0.1, 0.15) is 24.7 Å². The third-order valence-corrected chi connectivity index (χ3v) is 8.36. The summed E-state index contributed by atoms with van der Waals surface area (Å²) in [5.41, 5.74) is 3.76. The first kappa shape index (κ1) is 28.0. The minimum absolute atomic E-state index is 0.0478. The van der Waals surface area contributed by atoms with Gasteiger partial charge in [0.25, 0.3) is 0 Å². The van der Waals surface area contributed by atoms with Gasteiger partial charge in [-0.2, -0.15) is 0 Å². The van der Waals surface area contributed by atoms with Gasteiger partial charge in [-0.3, -0.25) is 9.59 Å². The molecule has 0 saturated carbocycles. The topological polar surface area (TPSA) is 61.8 Å². The monoisotopic (exact) mass is 562 g/mol. The predicted molar refractivity (Wildman–Crippen MR) is 162 cm³/mol. The quantitative estimate of drug-likeness (QED) is 0.290. The van der Waals surface area contributed by atoms with Gasteiger partial charge in [0.05, 0.1) is 0 Å². The van der Waals surface area contributed by atoms with Crippen molar-refractivity contribution in [2.75, 3.05) is 0 Å². The highest BCUT2D eigenvalue weighted by Crippen LogP contribution is 2.53. The van der Waals surface area contributed by atoms with E-state index in [-0.39, 0.29) is 22.4 Å². The second kappa shape index (κ2) is 10.9. The van der Waals surface area contributed by atoms with Gasteiger partial charge in [0.15, 0.2) is 23.1 Å². The molecule has 0 fully saturated rings. The average Bonchev–Trinajstić information content (AvgIpc) is 2.94. The molecule has 0 N–H and O–H groups in total. The summed E-state index contributed by atoms with van der Waals surface area (Å²) >= 11 is 0. The first-order valence-electron chi connectivity index (χ1n) is 14.8. The molecule has 0 atom stereocenters. The molecule has 6 rings (SSSR count). The summed E-state index contributed by atoms with van der Waals surface area (Å²) in [5, 5.41) is 0. The number of benzene rings is 3. The van der Waals surface area contributed by atoms with Crippen molar-refractivity contribution in [3.63, 3.8) is 0 Å². The molecule has 216 valence electrons. The van der Waals surface area contributed by atoms with Gasteiger partial charge in [-0.15, -0.1) is 0 Å². The Balaban J connectivity index is 1.42. The maximum absolute atomic E-state index is 13.7. The van der Waals surface area contributed by atoms with Gasteiger partial charge in [-0.25, -0.2) is 0 Å². The summed E-state index contributed by atoms with van der Waals surface area (Å²) in [6.07, 6.45) is 2.16. The minimum atomic E-state index is -0.488. The van der Waals surface area contributed by atoms with E-state index in [1.165, 1.54) is 0 Å². The second-order valence-electron chi connectivity index (χ2n) is 13.3. The van der Waals surface area contributed by atoms with Crippen molar-refractivity contribution >= 4 is 11.6 Å². The molecule has 5 nitrogen and oxygen atoms in total. The molecule has 0 bridgehead atoms. The van der Waals surface area contributed by atoms with Crippen LogP contribution in [0.15, 0.2) is 102 Å². The second-order valence-corrected chi connectivity index (χ2v) is 13.3. The van der Waals surface area contributed by atoms with E-state index in [0.717, 1.165) is 16.7 Å². The molecule has 3 aromatic carbocycles. The van der Waals surface area contributed by atoms with Gasteiger partial charge < -0.3 is 14.2 Å². The highest BCUT2D eigenvalue weighted by Gasteiger charge is 2.48. The van der Waals surface area contributed by atoms with Crippen LogP contribution in [0.1, 0.15) is 76.0 Å². The fourth-order valence-electron chi connectivity index (χ4n) is 6.41. The fraction of sp³-hybridized carbons (Fsp3) is 0.351. The molecule has 2 aliphatic carbocycles. The summed E-state index contributed by atoms with van der Waals surface area (Å²) in [6, 6.07) is 25.8. The van der Waals surface area contributed by atoms with Crippen molar-refractivity contribution in [1.82, 2.24) is 0 Å². The van der Waals surface area contributed by atoms with Crippen LogP contribution in [0.25, 0.3) is 0 Å². The molecule has 0 spiro atoms. The number of carbonyl (C=O) groups excluding carboxylic acids is 2. The molecule has 0 saturated heterocycles. The van der Waals surface area contributed by atoms with E-state index >= 15 is 0 Å². The zero-order valence-electron chi connectivity index (χ0n) is 24.9. The lowest BCUT2D eigenvalue weighted by atomic mass is 9.65. The number of carbonyl (C=O) groups is 2. The molecule has 0 aromatic heterocycles. The van der Waals surface area contributed by atoms with E-state index in [0.29, 0.717) is 73.1 Å². The van der Waals surface area contributed by atoms with E-state index in [2.05, 4.69) is 27.7 Å². The molecule has 0 unspecified atom stereocenters. The Morgan fingerprint density at radius 2 is 1.12 bits per heavy atom. The summed E-state index contributed by atoms with van der Waals surface area (Å²) < 4.78 is 19.1. The largest absolute Gasteiger partial charge is 0.485 e. The average molecular weight is 563 g/mol. The lowest BCUT2D eigenvalue weighted by Gasteiger charge is -2.42. The Morgan fingerprint density at radius 1 is 0.643 bits per heavy atom. The highest BCUT2D eigenvalue weighted by atomic mass is 16.5. The third kappa shape index (κ3) is 5.78. The van der Waals surface area contributed by atoms with Gasteiger partial charge in [-0.05, 0) is 39.7 Å². The van der Waals surface area contributed by atoms with Crippen LogP contribution in [-0.2, 0) is 27.5 Å². The fourth-order valence-corrected chi connectivity index (χ4v) is 6.41. The molecule has 3 aliphatic rings. The molecule has 3 aromatic rings. The summed E-state index contributed by atoms with van der Waals surface area (Å²) in [6.45, 7) is 9.15. The van der Waals surface area contributed by atoms with Gasteiger partial charge in [-0.1, -0.05) is 94.4 Å². The number of ketones is 2. The molecule has 0 amide bonds. The maximum atomic E-state index is 13.7. The molecular weight excluding hydrogens is 524 g/mol. The molecule has 0 radical (unpaired) electrons. The summed E-state index contributed by atoms with van der Waals surface area (Å²) in [4.78, 5) is 27.5. The Morgan fingerprint density at radius 3 is 1.62 bits per heavy atom. The van der Waals surface area contributed by atoms with Crippen molar-refractivity contribution in [2.45, 2.75) is 72.5 Å². The van der Waals surface area contributed by atoms with E-state index in [4.69, 9.17) is 14.2 Å². The van der Waals surface area contributed by atoms with Gasteiger partial charge >= 0.3 is 0 Å². The van der Waals surface area contributed by atoms with Crippen LogP contribution in [0.4, 0.5) is 0 Å². The van der Waals surface area contributed by atoms with Gasteiger partial charge in [0, 0.05) is 42.7 Å². The summed E-state index contributed by atoms with van der Waals surface area (Å²) in [5.74, 6) is 2.22. The van der Waals surface area contributed by atoms with Crippen molar-refractivity contribution in [3.05, 3.63) is 118 Å². The Hall–Kier alpha value is -4.12. The van der Waals surface area contributed by atoms with Crippen molar-refractivity contribution in [1.29, 1.82) is 0 Å². The van der Waals surface area contributed by atoms with E-state index in [1.807, 2.05) is 78.9 Å². The molecule has 42 heavy (non-hydrogen) atoms. The zero-order chi connectivity index (χ0) is 29.5. The van der Waals surface area contributed by atoms with E-state index < -0.39 is 5.92 Å². The SMILES string of the molecule is CC1(C)CC(=O)C2=C(C1)OC1=C(C(=O)CC(C)(C)C1)C2c1ccc(OCc2ccccc2)c(OCc2ccccc2)c1. The van der Waals surface area contributed by atoms with Crippen LogP contribution in [-0.4, -0.2) is 11.6 Å². The lowest BCUT2D eigenvalue weighted by Crippen LogP contribution is -2.37. The van der Waals surface area contributed by atoms with Crippen LogP contribution >= 0.6 is 0 Å². The smallest absolute Gasteiger partial charge is 0.163 e. The number of allylic oxidation sites excluding steroid dienone is 4. The number of ether oxygens (including phenoxy) is 3. The van der Waals surface area contributed by atoms with Crippen LogP contribution in [0.5, 0.6) is 11.5 Å². The normalized spacial score (nSPS) is 19.6. The van der Waals surface area contributed by atoms with Crippen LogP contribution in [0.2, 0.25) is 0 Å². The van der Waals surface area contributed by atoms with Gasteiger partial charge in [0.2, 0.25) is 0 Å². The Kier molecular flexibility index (Phi) is 7.30. The van der Waals surface area contributed by atoms with Crippen molar-refractivity contribution in [3.8, 4) is 11.5 Å². The number of hydrogen-bond acceptors (Lipinski definition) is 5. The highest BCUT2D eigenvalue weighted by molar-refractivity contribution is 6.06. The Labute approximate surface area is 248 Å². The van der Waals surface area contributed by atoms with Crippen LogP contribution < -0.4 is 9.47 Å². The van der Waals surface area contributed by atoms with Crippen LogP contribution in [0, 0.1) is 10.8 Å². The lowest BCUT2D eigenvalue weighted by molar-refractivity contribution is -0.120. The molecule has 5 heteroatoms. The van der Waals surface area contributed by atoms with Crippen LogP contribution in [0.3, 0.4) is 0 Å². The summed E-state index contributed by atoms with van der Waals surface area (Å²) in [7, 11) is 0. The minimum Gasteiger partial charge on any atom is -0.485 e. The standard InChI is InChI=1S/C37H38O5/c1-36(2)18-27(38)34-31(20-36)42-32-21-37(3,4)19-28(39)35(32)33(34)26-15-16-29(40-22-24-11-7-5-8-12-24)30(17-26)41-23-25-13-9-6-10-14-25/h5-17,33H,18-23H2,1-4H3. The Bertz CT molecular complexity index is 1520. The number of rotatable bonds is 7. The predicted octanol–water partition coefficient (Wildman–Crippen LogP) is 8.24. The molecule has 1 heterocycles. The third-order valence-electron chi connectivity index (χ3n) is 8.36. The molecular formula is C37H38O5. The number of Topliss-reactive ketones (excluding diaryl/α,β-unsaturated/α-hetero) is 2. The molecule has 1 aliphatic heterocycles. The maximum Gasteiger partial charge on any atom is 0.163 e. The zero-order valence-corrected chi connectivity index (χ0v) is 24.9. The van der Waals surface area contributed by atoms with Crippen molar-refractivity contribution < 1.29 is 23.8 Å². The van der Waals surface area contributed by atoms with E-state index in [9.17, 15) is 9.59 Å². The first-order valence-corrected chi connectivity index (χ1v) is 14.8. The number of hydrogen-bond donors (Lipinski definition) is 0.